The largest absolute Gasteiger partial charge is 0.508 e. The summed E-state index contributed by atoms with van der Waals surface area (Å²) < 4.78 is 0. The second-order valence-corrected chi connectivity index (χ2v) is 2.38. The Kier molecular flexibility index (Phi) is 5.30. The summed E-state index contributed by atoms with van der Waals surface area (Å²) in [5.74, 6) is -0.0139. The maximum absolute atomic E-state index is 9.56. The van der Waals surface area contributed by atoms with Crippen molar-refractivity contribution in [2.24, 2.45) is 0 Å². The van der Waals surface area contributed by atoms with E-state index in [0.29, 0.717) is 0 Å². The number of benzene rings is 1. The molecule has 1 aromatic rings. The zero-order chi connectivity index (χ0) is 10.3. The number of carbonyl (C=O) groups is 1. The number of rotatable bonds is 1. The predicted octanol–water partition coefficient (Wildman–Crippen LogP) is 0.665. The summed E-state index contributed by atoms with van der Waals surface area (Å²) in [6.07, 6.45) is 0. The molecule has 0 aliphatic rings. The molecule has 13 heavy (non-hydrogen) atoms. The molecule has 0 heterocycles. The number of aliphatic hydroxyl groups excluding tert-OH is 1. The van der Waals surface area contributed by atoms with Crippen LogP contribution in [0, 0.1) is 0 Å². The van der Waals surface area contributed by atoms with E-state index < -0.39 is 0 Å². The molecule has 0 spiro atoms. The Morgan fingerprint density at radius 2 is 1.69 bits per heavy atom. The minimum atomic E-state index is -0.333. The van der Waals surface area contributed by atoms with Crippen molar-refractivity contribution >= 4 is 5.78 Å². The molecule has 0 aliphatic carbocycles. The minimum Gasteiger partial charge on any atom is -0.508 e. The molecule has 1 rings (SSSR count). The van der Waals surface area contributed by atoms with Crippen LogP contribution in [0.2, 0.25) is 0 Å². The van der Waals surface area contributed by atoms with Crippen LogP contribution < -0.4 is 0 Å². The number of hydrogen-bond acceptors (Lipinski definition) is 4. The van der Waals surface area contributed by atoms with Crippen molar-refractivity contribution in [3.63, 3.8) is 0 Å². The lowest BCUT2D eigenvalue weighted by molar-refractivity contribution is -0.119. The highest BCUT2D eigenvalue weighted by molar-refractivity contribution is 5.76. The van der Waals surface area contributed by atoms with Gasteiger partial charge in [-0.3, -0.25) is 4.79 Å². The van der Waals surface area contributed by atoms with Crippen LogP contribution in [0.25, 0.3) is 0 Å². The van der Waals surface area contributed by atoms with Crippen LogP contribution in [-0.4, -0.2) is 27.7 Å². The normalized spacial score (nSPS) is 8.46. The first-order chi connectivity index (χ1) is 6.06. The molecule has 0 bridgehead atoms. The molecule has 0 aromatic heterocycles. The molecule has 72 valence electrons. The van der Waals surface area contributed by atoms with Crippen LogP contribution in [-0.2, 0) is 4.79 Å². The van der Waals surface area contributed by atoms with E-state index in [9.17, 15) is 4.79 Å². The van der Waals surface area contributed by atoms with Crippen molar-refractivity contribution in [3.8, 4) is 11.5 Å². The molecule has 0 saturated carbocycles. The van der Waals surface area contributed by atoms with Crippen molar-refractivity contribution < 1.29 is 20.1 Å². The Morgan fingerprint density at radius 1 is 1.31 bits per heavy atom. The monoisotopic (exact) mass is 184 g/mol. The van der Waals surface area contributed by atoms with E-state index in [1.54, 1.807) is 6.07 Å². The van der Waals surface area contributed by atoms with Crippen LogP contribution >= 0.6 is 0 Å². The summed E-state index contributed by atoms with van der Waals surface area (Å²) in [5, 5.41) is 25.1. The molecular formula is C9H12O4. The molecule has 0 unspecified atom stereocenters. The average Bonchev–Trinajstić information content (AvgIpc) is 2.05. The van der Waals surface area contributed by atoms with Gasteiger partial charge in [0, 0.05) is 6.07 Å². The summed E-state index contributed by atoms with van der Waals surface area (Å²) in [4.78, 5) is 9.56. The van der Waals surface area contributed by atoms with Crippen LogP contribution in [0.4, 0.5) is 0 Å². The predicted molar refractivity (Wildman–Crippen MR) is 47.5 cm³/mol. The Bertz CT molecular complexity index is 253. The Hall–Kier alpha value is -1.55. The van der Waals surface area contributed by atoms with Crippen molar-refractivity contribution in [2.45, 2.75) is 6.92 Å². The summed E-state index contributed by atoms with van der Waals surface area (Å²) >= 11 is 0. The van der Waals surface area contributed by atoms with Gasteiger partial charge in [0.2, 0.25) is 0 Å². The van der Waals surface area contributed by atoms with Crippen molar-refractivity contribution in [3.05, 3.63) is 24.3 Å². The number of aliphatic hydroxyl groups is 1. The zero-order valence-corrected chi connectivity index (χ0v) is 7.27. The Labute approximate surface area is 76.1 Å². The van der Waals surface area contributed by atoms with Crippen molar-refractivity contribution in [1.82, 2.24) is 0 Å². The van der Waals surface area contributed by atoms with Gasteiger partial charge >= 0.3 is 0 Å². The number of phenolic OH excluding ortho intramolecular Hbond substituents is 2. The van der Waals surface area contributed by atoms with E-state index in [1.807, 2.05) is 0 Å². The first-order valence-electron chi connectivity index (χ1n) is 3.64. The van der Waals surface area contributed by atoms with Crippen molar-refractivity contribution in [1.29, 1.82) is 0 Å². The number of hydrogen-bond donors (Lipinski definition) is 3. The van der Waals surface area contributed by atoms with Crippen molar-refractivity contribution in [2.75, 3.05) is 6.61 Å². The molecule has 1 aromatic carbocycles. The van der Waals surface area contributed by atoms with E-state index in [2.05, 4.69) is 0 Å². The van der Waals surface area contributed by atoms with Gasteiger partial charge in [-0.05, 0) is 19.1 Å². The molecule has 4 nitrogen and oxygen atoms in total. The molecule has 4 heteroatoms. The SMILES string of the molecule is CC(=O)CO.Oc1cccc(O)c1. The van der Waals surface area contributed by atoms with E-state index in [0.717, 1.165) is 0 Å². The van der Waals surface area contributed by atoms with E-state index >= 15 is 0 Å². The molecule has 0 amide bonds. The number of carbonyl (C=O) groups excluding carboxylic acids is 1. The fourth-order valence-electron chi connectivity index (χ4n) is 0.493. The summed E-state index contributed by atoms with van der Waals surface area (Å²) in [5.41, 5.74) is 0. The van der Waals surface area contributed by atoms with E-state index in [4.69, 9.17) is 15.3 Å². The van der Waals surface area contributed by atoms with Gasteiger partial charge in [-0.2, -0.15) is 0 Å². The molecule has 0 atom stereocenters. The lowest BCUT2D eigenvalue weighted by Crippen LogP contribution is -1.93. The lowest BCUT2D eigenvalue weighted by Gasteiger charge is -1.89. The van der Waals surface area contributed by atoms with Gasteiger partial charge in [-0.25, -0.2) is 0 Å². The van der Waals surface area contributed by atoms with Crippen LogP contribution in [0.5, 0.6) is 11.5 Å². The highest BCUT2D eigenvalue weighted by Gasteiger charge is 1.85. The second kappa shape index (κ2) is 6.02. The zero-order valence-electron chi connectivity index (χ0n) is 7.27. The van der Waals surface area contributed by atoms with Gasteiger partial charge in [0.1, 0.15) is 18.1 Å². The van der Waals surface area contributed by atoms with Gasteiger partial charge < -0.3 is 15.3 Å². The fourth-order valence-corrected chi connectivity index (χ4v) is 0.493. The molecule has 0 fully saturated rings. The standard InChI is InChI=1S/C6H6O2.C3H6O2/c7-5-2-1-3-6(8)4-5;1-3(5)2-4/h1-4,7-8H;4H,2H2,1H3. The topological polar surface area (TPSA) is 77.8 Å². The Balaban J connectivity index is 0.000000252. The third kappa shape index (κ3) is 6.83. The number of ketones is 1. The van der Waals surface area contributed by atoms with E-state index in [-0.39, 0.29) is 23.9 Å². The first kappa shape index (κ1) is 11.4. The number of Topliss-reactive ketones (excluding diaryl/α,β-unsaturated/α-hetero) is 1. The highest BCUT2D eigenvalue weighted by atomic mass is 16.3. The van der Waals surface area contributed by atoms with Gasteiger partial charge in [0.25, 0.3) is 0 Å². The molecule has 0 saturated heterocycles. The lowest BCUT2D eigenvalue weighted by atomic mass is 10.3. The molecular weight excluding hydrogens is 172 g/mol. The third-order valence-electron chi connectivity index (χ3n) is 1.05. The van der Waals surface area contributed by atoms with Gasteiger partial charge in [-0.1, -0.05) is 6.07 Å². The summed E-state index contributed by atoms with van der Waals surface area (Å²) in [6, 6.07) is 5.85. The molecule has 0 aliphatic heterocycles. The average molecular weight is 184 g/mol. The third-order valence-corrected chi connectivity index (χ3v) is 1.05. The van der Waals surface area contributed by atoms with Crippen LogP contribution in [0.3, 0.4) is 0 Å². The van der Waals surface area contributed by atoms with Crippen LogP contribution in [0.1, 0.15) is 6.92 Å². The number of aromatic hydroxyl groups is 2. The second-order valence-electron chi connectivity index (χ2n) is 2.38. The van der Waals surface area contributed by atoms with Gasteiger partial charge in [0.15, 0.2) is 5.78 Å². The van der Waals surface area contributed by atoms with Crippen LogP contribution in [0.15, 0.2) is 24.3 Å². The Morgan fingerprint density at radius 3 is 1.85 bits per heavy atom. The first-order valence-corrected chi connectivity index (χ1v) is 3.64. The summed E-state index contributed by atoms with van der Waals surface area (Å²) in [7, 11) is 0. The molecule has 3 N–H and O–H groups in total. The highest BCUT2D eigenvalue weighted by Crippen LogP contribution is 2.14. The fraction of sp³-hybridized carbons (Fsp3) is 0.222. The summed E-state index contributed by atoms with van der Waals surface area (Å²) in [6.45, 7) is 1.000. The van der Waals surface area contributed by atoms with Gasteiger partial charge in [-0.15, -0.1) is 0 Å². The maximum Gasteiger partial charge on any atom is 0.155 e. The smallest absolute Gasteiger partial charge is 0.155 e. The quantitative estimate of drug-likeness (QED) is 0.599. The number of phenols is 2. The minimum absolute atomic E-state index is 0.0880. The van der Waals surface area contributed by atoms with E-state index in [1.165, 1.54) is 25.1 Å². The molecule has 0 radical (unpaired) electrons. The van der Waals surface area contributed by atoms with Gasteiger partial charge in [0.05, 0.1) is 0 Å². The maximum atomic E-state index is 9.56.